The SMILES string of the molecule is CCCNC1CCCCC1c1nc(CN(C)C)no1. The van der Waals surface area contributed by atoms with E-state index in [9.17, 15) is 0 Å². The van der Waals surface area contributed by atoms with E-state index >= 15 is 0 Å². The van der Waals surface area contributed by atoms with Gasteiger partial charge in [-0.25, -0.2) is 0 Å². The highest BCUT2D eigenvalue weighted by atomic mass is 16.5. The van der Waals surface area contributed by atoms with Crippen molar-refractivity contribution >= 4 is 0 Å². The molecule has 0 saturated heterocycles. The molecule has 2 unspecified atom stereocenters. The Labute approximate surface area is 115 Å². The van der Waals surface area contributed by atoms with Crippen molar-refractivity contribution in [2.45, 2.75) is 57.5 Å². The molecule has 0 aromatic carbocycles. The van der Waals surface area contributed by atoms with Crippen LogP contribution in [-0.2, 0) is 6.54 Å². The number of hydrogen-bond acceptors (Lipinski definition) is 5. The Morgan fingerprint density at radius 3 is 2.84 bits per heavy atom. The Morgan fingerprint density at radius 2 is 2.11 bits per heavy atom. The molecule has 19 heavy (non-hydrogen) atoms. The molecule has 1 heterocycles. The van der Waals surface area contributed by atoms with Crippen molar-refractivity contribution in [3.05, 3.63) is 11.7 Å². The summed E-state index contributed by atoms with van der Waals surface area (Å²) in [6.45, 7) is 4.01. The minimum atomic E-state index is 0.392. The van der Waals surface area contributed by atoms with Gasteiger partial charge in [0.15, 0.2) is 5.82 Å². The lowest BCUT2D eigenvalue weighted by molar-refractivity contribution is 0.261. The molecule has 0 spiro atoms. The van der Waals surface area contributed by atoms with Crippen molar-refractivity contribution in [2.75, 3.05) is 20.6 Å². The van der Waals surface area contributed by atoms with Gasteiger partial charge < -0.3 is 14.7 Å². The summed E-state index contributed by atoms with van der Waals surface area (Å²) in [5, 5.41) is 7.72. The molecule has 2 atom stereocenters. The van der Waals surface area contributed by atoms with Gasteiger partial charge in [-0.3, -0.25) is 0 Å². The van der Waals surface area contributed by atoms with Crippen LogP contribution in [0.3, 0.4) is 0 Å². The van der Waals surface area contributed by atoms with E-state index in [1.54, 1.807) is 0 Å². The molecule has 1 aromatic rings. The topological polar surface area (TPSA) is 54.2 Å². The lowest BCUT2D eigenvalue weighted by Gasteiger charge is -2.29. The third-order valence-corrected chi connectivity index (χ3v) is 3.68. The summed E-state index contributed by atoms with van der Waals surface area (Å²) in [7, 11) is 4.03. The second kappa shape index (κ2) is 7.01. The number of aromatic nitrogens is 2. The monoisotopic (exact) mass is 266 g/mol. The molecule has 1 N–H and O–H groups in total. The number of nitrogens with zero attached hydrogens (tertiary/aromatic N) is 3. The van der Waals surface area contributed by atoms with Crippen LogP contribution in [0.25, 0.3) is 0 Å². The van der Waals surface area contributed by atoms with Gasteiger partial charge in [-0.1, -0.05) is 24.9 Å². The maximum atomic E-state index is 5.49. The van der Waals surface area contributed by atoms with Crippen LogP contribution >= 0.6 is 0 Å². The number of rotatable bonds is 6. The van der Waals surface area contributed by atoms with Crippen molar-refractivity contribution in [2.24, 2.45) is 0 Å². The summed E-state index contributed by atoms with van der Waals surface area (Å²) in [5.74, 6) is 2.01. The number of nitrogens with one attached hydrogen (secondary N) is 1. The molecule has 108 valence electrons. The molecule has 0 radical (unpaired) electrons. The van der Waals surface area contributed by atoms with Crippen LogP contribution in [-0.4, -0.2) is 41.7 Å². The lowest BCUT2D eigenvalue weighted by atomic mass is 9.84. The van der Waals surface area contributed by atoms with Crippen LogP contribution in [0.2, 0.25) is 0 Å². The Bertz CT molecular complexity index is 377. The summed E-state index contributed by atoms with van der Waals surface area (Å²) < 4.78 is 5.49. The molecule has 5 heteroatoms. The van der Waals surface area contributed by atoms with E-state index in [1.807, 2.05) is 14.1 Å². The van der Waals surface area contributed by atoms with E-state index in [1.165, 1.54) is 25.7 Å². The molecule has 0 aliphatic heterocycles. The fourth-order valence-corrected chi connectivity index (χ4v) is 2.77. The van der Waals surface area contributed by atoms with Gasteiger partial charge >= 0.3 is 0 Å². The van der Waals surface area contributed by atoms with Gasteiger partial charge in [0.1, 0.15) is 0 Å². The number of hydrogen-bond donors (Lipinski definition) is 1. The Kier molecular flexibility index (Phi) is 5.34. The second-order valence-corrected chi connectivity index (χ2v) is 5.74. The fourth-order valence-electron chi connectivity index (χ4n) is 2.77. The smallest absolute Gasteiger partial charge is 0.231 e. The Hall–Kier alpha value is -0.940. The lowest BCUT2D eigenvalue weighted by Crippen LogP contribution is -2.37. The van der Waals surface area contributed by atoms with E-state index in [2.05, 4.69) is 27.3 Å². The van der Waals surface area contributed by atoms with E-state index < -0.39 is 0 Å². The molecule has 1 aliphatic rings. The Balaban J connectivity index is 2.02. The van der Waals surface area contributed by atoms with E-state index in [4.69, 9.17) is 4.52 Å². The maximum absolute atomic E-state index is 5.49. The first-order chi connectivity index (χ1) is 9.20. The third kappa shape index (κ3) is 4.01. The van der Waals surface area contributed by atoms with Gasteiger partial charge in [0.25, 0.3) is 0 Å². The summed E-state index contributed by atoms with van der Waals surface area (Å²) in [5.41, 5.74) is 0. The molecule has 1 aliphatic carbocycles. The average molecular weight is 266 g/mol. The zero-order valence-corrected chi connectivity index (χ0v) is 12.4. The average Bonchev–Trinajstić information content (AvgIpc) is 2.84. The van der Waals surface area contributed by atoms with Crippen LogP contribution in [0.15, 0.2) is 4.52 Å². The zero-order chi connectivity index (χ0) is 13.7. The first-order valence-corrected chi connectivity index (χ1v) is 7.41. The van der Waals surface area contributed by atoms with Gasteiger partial charge in [-0.05, 0) is 39.9 Å². The van der Waals surface area contributed by atoms with Crippen LogP contribution < -0.4 is 5.32 Å². The normalized spacial score (nSPS) is 24.0. The molecule has 1 fully saturated rings. The van der Waals surface area contributed by atoms with Crippen molar-refractivity contribution in [3.63, 3.8) is 0 Å². The van der Waals surface area contributed by atoms with Crippen molar-refractivity contribution in [3.8, 4) is 0 Å². The van der Waals surface area contributed by atoms with Crippen molar-refractivity contribution in [1.82, 2.24) is 20.4 Å². The van der Waals surface area contributed by atoms with Crippen LogP contribution in [0.1, 0.15) is 56.7 Å². The molecular formula is C14H26N4O. The van der Waals surface area contributed by atoms with Crippen LogP contribution in [0.4, 0.5) is 0 Å². The quantitative estimate of drug-likeness (QED) is 0.855. The molecule has 2 rings (SSSR count). The van der Waals surface area contributed by atoms with Gasteiger partial charge in [0, 0.05) is 6.04 Å². The van der Waals surface area contributed by atoms with Crippen molar-refractivity contribution in [1.29, 1.82) is 0 Å². The minimum Gasteiger partial charge on any atom is -0.339 e. The predicted molar refractivity (Wildman–Crippen MR) is 75.0 cm³/mol. The largest absolute Gasteiger partial charge is 0.339 e. The summed E-state index contributed by atoms with van der Waals surface area (Å²) in [4.78, 5) is 6.63. The molecule has 0 amide bonds. The summed E-state index contributed by atoms with van der Waals surface area (Å²) in [6, 6.07) is 0.501. The van der Waals surface area contributed by atoms with E-state index in [0.29, 0.717) is 12.0 Å². The van der Waals surface area contributed by atoms with Crippen molar-refractivity contribution < 1.29 is 4.52 Å². The zero-order valence-electron chi connectivity index (χ0n) is 12.4. The predicted octanol–water partition coefficient (Wildman–Crippen LogP) is 2.16. The first-order valence-electron chi connectivity index (χ1n) is 7.41. The molecule has 1 aromatic heterocycles. The highest BCUT2D eigenvalue weighted by Gasteiger charge is 2.30. The van der Waals surface area contributed by atoms with Gasteiger partial charge in [-0.15, -0.1) is 0 Å². The van der Waals surface area contributed by atoms with Crippen LogP contribution in [0.5, 0.6) is 0 Å². The molecule has 1 saturated carbocycles. The van der Waals surface area contributed by atoms with E-state index in [0.717, 1.165) is 31.2 Å². The minimum absolute atomic E-state index is 0.392. The van der Waals surface area contributed by atoms with Crippen LogP contribution in [0, 0.1) is 0 Å². The fraction of sp³-hybridized carbons (Fsp3) is 0.857. The van der Waals surface area contributed by atoms with Gasteiger partial charge in [-0.2, -0.15) is 4.98 Å². The highest BCUT2D eigenvalue weighted by molar-refractivity contribution is 5.01. The second-order valence-electron chi connectivity index (χ2n) is 5.74. The Morgan fingerprint density at radius 1 is 1.32 bits per heavy atom. The third-order valence-electron chi connectivity index (χ3n) is 3.68. The standard InChI is InChI=1S/C14H26N4O/c1-4-9-15-12-8-6-5-7-11(12)14-16-13(17-19-14)10-18(2)3/h11-12,15H,4-10H2,1-3H3. The summed E-state index contributed by atoms with van der Waals surface area (Å²) in [6.07, 6.45) is 6.11. The molecular weight excluding hydrogens is 240 g/mol. The summed E-state index contributed by atoms with van der Waals surface area (Å²) >= 11 is 0. The first kappa shape index (κ1) is 14.5. The maximum Gasteiger partial charge on any atom is 0.231 e. The van der Waals surface area contributed by atoms with E-state index in [-0.39, 0.29) is 0 Å². The molecule has 0 bridgehead atoms. The highest BCUT2D eigenvalue weighted by Crippen LogP contribution is 2.32. The van der Waals surface area contributed by atoms with Gasteiger partial charge in [0.05, 0.1) is 12.5 Å². The van der Waals surface area contributed by atoms with Gasteiger partial charge in [0.2, 0.25) is 5.89 Å². The molecule has 5 nitrogen and oxygen atoms in total.